The smallest absolute Gasteiger partial charge is 0.411 e. The first-order chi connectivity index (χ1) is 14.0. The quantitative estimate of drug-likeness (QED) is 0.393. The first kappa shape index (κ1) is 23.1. The van der Waals surface area contributed by atoms with Gasteiger partial charge in [0.25, 0.3) is 5.69 Å². The second-order valence-corrected chi connectivity index (χ2v) is 7.84. The Morgan fingerprint density at radius 3 is 2.47 bits per heavy atom. The molecule has 0 radical (unpaired) electrons. The summed E-state index contributed by atoms with van der Waals surface area (Å²) in [6.45, 7) is 4.48. The molecule has 0 unspecified atom stereocenters. The van der Waals surface area contributed by atoms with Crippen molar-refractivity contribution in [2.45, 2.75) is 51.5 Å². The molecular weight excluding hydrogens is 398 g/mol. The van der Waals surface area contributed by atoms with Crippen molar-refractivity contribution in [1.29, 1.82) is 0 Å². The molecule has 30 heavy (non-hydrogen) atoms. The van der Waals surface area contributed by atoms with Gasteiger partial charge >= 0.3 is 12.1 Å². The van der Waals surface area contributed by atoms with E-state index in [1.54, 1.807) is 20.8 Å². The van der Waals surface area contributed by atoms with Gasteiger partial charge in [-0.1, -0.05) is 0 Å². The molecule has 1 heterocycles. The maximum absolute atomic E-state index is 12.4. The monoisotopic (exact) mass is 423 g/mol. The van der Waals surface area contributed by atoms with Crippen LogP contribution < -0.4 is 5.32 Å². The number of carbonyl (C=O) groups is 3. The highest BCUT2D eigenvalue weighted by atomic mass is 16.6. The SMILES string of the molecule is CC(C)(C)OC(=O)N1C[C@H](O)C[C@H]1C(=O)NCC(=O)OCc1ccc([N+](=O)[O-])cc1. The third-order valence-electron chi connectivity index (χ3n) is 4.16. The maximum atomic E-state index is 12.4. The lowest BCUT2D eigenvalue weighted by Crippen LogP contribution is -2.48. The molecule has 2 atom stereocenters. The van der Waals surface area contributed by atoms with Crippen LogP contribution in [0.4, 0.5) is 10.5 Å². The van der Waals surface area contributed by atoms with Gasteiger partial charge in [-0.25, -0.2) is 4.79 Å². The van der Waals surface area contributed by atoms with Gasteiger partial charge in [-0.05, 0) is 38.5 Å². The summed E-state index contributed by atoms with van der Waals surface area (Å²) < 4.78 is 10.3. The van der Waals surface area contributed by atoms with Crippen molar-refractivity contribution in [1.82, 2.24) is 10.2 Å². The number of non-ortho nitro benzene ring substituents is 1. The number of esters is 1. The molecule has 0 bridgehead atoms. The van der Waals surface area contributed by atoms with Crippen molar-refractivity contribution in [3.05, 3.63) is 39.9 Å². The number of aliphatic hydroxyl groups is 1. The van der Waals surface area contributed by atoms with E-state index < -0.39 is 47.2 Å². The third-order valence-corrected chi connectivity index (χ3v) is 4.16. The zero-order valence-corrected chi connectivity index (χ0v) is 17.0. The number of aliphatic hydroxyl groups excluding tert-OH is 1. The summed E-state index contributed by atoms with van der Waals surface area (Å²) in [4.78, 5) is 47.8. The Kier molecular flexibility index (Phi) is 7.33. The predicted octanol–water partition coefficient (Wildman–Crippen LogP) is 1.12. The lowest BCUT2D eigenvalue weighted by molar-refractivity contribution is -0.384. The Balaban J connectivity index is 1.83. The van der Waals surface area contributed by atoms with Crippen molar-refractivity contribution in [3.63, 3.8) is 0 Å². The van der Waals surface area contributed by atoms with E-state index in [4.69, 9.17) is 9.47 Å². The van der Waals surface area contributed by atoms with Crippen LogP contribution in [0.25, 0.3) is 0 Å². The van der Waals surface area contributed by atoms with Crippen LogP contribution in [0.1, 0.15) is 32.8 Å². The summed E-state index contributed by atoms with van der Waals surface area (Å²) in [5, 5.41) is 22.9. The Labute approximate surface area is 173 Å². The van der Waals surface area contributed by atoms with E-state index in [1.807, 2.05) is 0 Å². The standard InChI is InChI=1S/C19H25N3O8/c1-19(2,3)30-18(26)21-10-14(23)8-15(21)17(25)20-9-16(24)29-11-12-4-6-13(7-5-12)22(27)28/h4-7,14-15,23H,8-11H2,1-3H3,(H,20,25)/t14-,15+/m1/s1. The molecule has 1 fully saturated rings. The molecule has 2 amide bonds. The van der Waals surface area contributed by atoms with Crippen LogP contribution in [0, 0.1) is 10.1 Å². The molecule has 1 aliphatic heterocycles. The van der Waals surface area contributed by atoms with Gasteiger partial charge in [0.05, 0.1) is 17.6 Å². The van der Waals surface area contributed by atoms with E-state index in [2.05, 4.69) is 5.32 Å². The van der Waals surface area contributed by atoms with Crippen LogP contribution >= 0.6 is 0 Å². The summed E-state index contributed by atoms with van der Waals surface area (Å²) in [5.74, 6) is -1.33. The van der Waals surface area contributed by atoms with Gasteiger partial charge in [-0.2, -0.15) is 0 Å². The zero-order valence-electron chi connectivity index (χ0n) is 17.0. The molecule has 1 saturated heterocycles. The molecule has 0 spiro atoms. The average Bonchev–Trinajstić information content (AvgIpc) is 3.05. The number of benzene rings is 1. The number of ether oxygens (including phenoxy) is 2. The van der Waals surface area contributed by atoms with Crippen molar-refractivity contribution in [3.8, 4) is 0 Å². The van der Waals surface area contributed by atoms with Crippen LogP contribution in [0.5, 0.6) is 0 Å². The van der Waals surface area contributed by atoms with E-state index in [1.165, 1.54) is 24.3 Å². The number of nitrogens with zero attached hydrogens (tertiary/aromatic N) is 2. The Bertz CT molecular complexity index is 803. The lowest BCUT2D eigenvalue weighted by Gasteiger charge is -2.27. The van der Waals surface area contributed by atoms with E-state index in [0.29, 0.717) is 5.56 Å². The number of β-amino-alcohol motifs (C(OH)–C–C–N with tert-alkyl or cyclic N) is 1. The normalized spacial score (nSPS) is 18.6. The summed E-state index contributed by atoms with van der Waals surface area (Å²) >= 11 is 0. The van der Waals surface area contributed by atoms with Crippen molar-refractivity contribution >= 4 is 23.7 Å². The topological polar surface area (TPSA) is 148 Å². The van der Waals surface area contributed by atoms with E-state index >= 15 is 0 Å². The molecule has 11 heteroatoms. The van der Waals surface area contributed by atoms with Gasteiger partial charge in [0.15, 0.2) is 0 Å². The van der Waals surface area contributed by atoms with Gasteiger partial charge in [0.2, 0.25) is 5.91 Å². The number of hydrogen-bond donors (Lipinski definition) is 2. The van der Waals surface area contributed by atoms with Gasteiger partial charge in [-0.3, -0.25) is 24.6 Å². The van der Waals surface area contributed by atoms with Crippen LogP contribution in [-0.4, -0.2) is 63.7 Å². The minimum Gasteiger partial charge on any atom is -0.460 e. The summed E-state index contributed by atoms with van der Waals surface area (Å²) in [5.41, 5.74) is -0.284. The molecule has 1 aliphatic rings. The van der Waals surface area contributed by atoms with E-state index in [-0.39, 0.29) is 25.3 Å². The first-order valence-electron chi connectivity index (χ1n) is 9.30. The number of amides is 2. The second kappa shape index (κ2) is 9.53. The lowest BCUT2D eigenvalue weighted by atomic mass is 10.2. The molecular formula is C19H25N3O8. The predicted molar refractivity (Wildman–Crippen MR) is 103 cm³/mol. The average molecular weight is 423 g/mol. The van der Waals surface area contributed by atoms with Crippen molar-refractivity contribution < 1.29 is 33.9 Å². The van der Waals surface area contributed by atoms with E-state index in [9.17, 15) is 29.6 Å². The molecule has 0 aliphatic carbocycles. The number of nitrogens with one attached hydrogen (secondary N) is 1. The Morgan fingerprint density at radius 1 is 1.27 bits per heavy atom. The van der Waals surface area contributed by atoms with Gasteiger partial charge in [-0.15, -0.1) is 0 Å². The molecule has 1 aromatic rings. The fourth-order valence-corrected chi connectivity index (χ4v) is 2.79. The van der Waals surface area contributed by atoms with Crippen LogP contribution in [0.2, 0.25) is 0 Å². The fourth-order valence-electron chi connectivity index (χ4n) is 2.79. The first-order valence-corrected chi connectivity index (χ1v) is 9.30. The maximum Gasteiger partial charge on any atom is 0.411 e. The molecule has 1 aromatic carbocycles. The van der Waals surface area contributed by atoms with Crippen LogP contribution in [0.3, 0.4) is 0 Å². The van der Waals surface area contributed by atoms with Gasteiger partial charge in [0.1, 0.15) is 24.8 Å². The summed E-state index contributed by atoms with van der Waals surface area (Å²) in [6, 6.07) is 4.55. The highest BCUT2D eigenvalue weighted by Crippen LogP contribution is 2.21. The largest absolute Gasteiger partial charge is 0.460 e. The van der Waals surface area contributed by atoms with Crippen molar-refractivity contribution in [2.75, 3.05) is 13.1 Å². The van der Waals surface area contributed by atoms with Crippen LogP contribution in [-0.2, 0) is 25.7 Å². The molecule has 164 valence electrons. The van der Waals surface area contributed by atoms with Crippen molar-refractivity contribution in [2.24, 2.45) is 0 Å². The van der Waals surface area contributed by atoms with E-state index in [0.717, 1.165) is 4.90 Å². The number of carbonyl (C=O) groups excluding carboxylic acids is 3. The molecule has 11 nitrogen and oxygen atoms in total. The third kappa shape index (κ3) is 6.69. The van der Waals surface area contributed by atoms with Crippen LogP contribution in [0.15, 0.2) is 24.3 Å². The summed E-state index contributed by atoms with van der Waals surface area (Å²) in [7, 11) is 0. The number of nitro benzene ring substituents is 1. The highest BCUT2D eigenvalue weighted by molar-refractivity contribution is 5.88. The Hall–Kier alpha value is -3.21. The number of likely N-dealkylation sites (tertiary alicyclic amines) is 1. The second-order valence-electron chi connectivity index (χ2n) is 7.84. The Morgan fingerprint density at radius 2 is 1.90 bits per heavy atom. The number of nitro groups is 1. The number of rotatable bonds is 6. The fraction of sp³-hybridized carbons (Fsp3) is 0.526. The minimum atomic E-state index is -0.961. The zero-order chi connectivity index (χ0) is 22.5. The summed E-state index contributed by atoms with van der Waals surface area (Å²) in [6.07, 6.45) is -1.56. The molecule has 2 N–H and O–H groups in total. The molecule has 2 rings (SSSR count). The highest BCUT2D eigenvalue weighted by Gasteiger charge is 2.40. The molecule has 0 saturated carbocycles. The van der Waals surface area contributed by atoms with Gasteiger partial charge in [0, 0.05) is 18.6 Å². The number of hydrogen-bond acceptors (Lipinski definition) is 8. The van der Waals surface area contributed by atoms with Gasteiger partial charge < -0.3 is 19.9 Å². The molecule has 0 aromatic heterocycles. The minimum absolute atomic E-state index is 0.0307.